The summed E-state index contributed by atoms with van der Waals surface area (Å²) in [6, 6.07) is 4.43. The van der Waals surface area contributed by atoms with Crippen molar-refractivity contribution >= 4 is 28.9 Å². The molecule has 2 saturated carbocycles. The third kappa shape index (κ3) is 3.68. The van der Waals surface area contributed by atoms with Crippen molar-refractivity contribution in [2.45, 2.75) is 50.0 Å². The third-order valence-electron chi connectivity index (χ3n) is 5.99. The summed E-state index contributed by atoms with van der Waals surface area (Å²) in [6.45, 7) is 0. The van der Waals surface area contributed by atoms with E-state index in [1.165, 1.54) is 15.3 Å². The van der Waals surface area contributed by atoms with Crippen LogP contribution in [0.5, 0.6) is 0 Å². The van der Waals surface area contributed by atoms with Crippen LogP contribution in [-0.2, 0) is 0 Å². The first-order valence-electron chi connectivity index (χ1n) is 10.6. The Balaban J connectivity index is 1.46. The molecular formula is C21H24FN7O3. The van der Waals surface area contributed by atoms with E-state index < -0.39 is 18.3 Å². The highest BCUT2D eigenvalue weighted by atomic mass is 19.1. The summed E-state index contributed by atoms with van der Waals surface area (Å²) in [5.41, 5.74) is 0.528. The number of amides is 1. The molecule has 4 atom stereocenters. The second kappa shape index (κ2) is 7.90. The topological polar surface area (TPSA) is 126 Å². The number of nitrogens with zero attached hydrogens (tertiary/aromatic N) is 4. The fourth-order valence-electron chi connectivity index (χ4n) is 4.16. The molecule has 2 aliphatic carbocycles. The molecular weight excluding hydrogens is 417 g/mol. The number of halogens is 1. The zero-order valence-electron chi connectivity index (χ0n) is 17.5. The Morgan fingerprint density at radius 2 is 2.12 bits per heavy atom. The maximum atomic E-state index is 13.5. The van der Waals surface area contributed by atoms with Crippen LogP contribution in [0.4, 0.5) is 21.7 Å². The molecule has 3 aromatic heterocycles. The number of fused-ring (bicyclic) bond motifs is 1. The van der Waals surface area contributed by atoms with Crippen molar-refractivity contribution in [2.75, 3.05) is 17.7 Å². The minimum atomic E-state index is -0.998. The van der Waals surface area contributed by atoms with E-state index >= 15 is 0 Å². The molecule has 0 radical (unpaired) electrons. The van der Waals surface area contributed by atoms with Gasteiger partial charge in [-0.15, -0.1) is 0 Å². The van der Waals surface area contributed by atoms with E-state index in [0.29, 0.717) is 36.5 Å². The molecule has 4 N–H and O–H groups in total. The Morgan fingerprint density at radius 3 is 2.81 bits per heavy atom. The quantitative estimate of drug-likeness (QED) is 0.458. The van der Waals surface area contributed by atoms with Gasteiger partial charge in [-0.3, -0.25) is 9.59 Å². The number of hydrogen-bond acceptors (Lipinski definition) is 7. The van der Waals surface area contributed by atoms with E-state index in [-0.39, 0.29) is 28.8 Å². The maximum absolute atomic E-state index is 13.5. The van der Waals surface area contributed by atoms with Crippen LogP contribution in [0.25, 0.3) is 5.65 Å². The van der Waals surface area contributed by atoms with Crippen molar-refractivity contribution in [1.29, 1.82) is 0 Å². The van der Waals surface area contributed by atoms with Gasteiger partial charge >= 0.3 is 0 Å². The lowest BCUT2D eigenvalue weighted by Gasteiger charge is -2.13. The number of carbonyl (C=O) groups is 1. The molecule has 0 aliphatic heterocycles. The second-order valence-corrected chi connectivity index (χ2v) is 8.29. The monoisotopic (exact) mass is 441 g/mol. The van der Waals surface area contributed by atoms with E-state index in [1.807, 2.05) is 0 Å². The van der Waals surface area contributed by atoms with Crippen LogP contribution in [0.2, 0.25) is 0 Å². The predicted octanol–water partition coefficient (Wildman–Crippen LogP) is 1.60. The predicted molar refractivity (Wildman–Crippen MR) is 116 cm³/mol. The van der Waals surface area contributed by atoms with Gasteiger partial charge in [0.25, 0.3) is 11.5 Å². The van der Waals surface area contributed by atoms with E-state index in [0.717, 1.165) is 6.42 Å². The summed E-state index contributed by atoms with van der Waals surface area (Å²) >= 11 is 0. The minimum absolute atomic E-state index is 0.0953. The molecule has 3 aromatic rings. The molecule has 10 nitrogen and oxygen atoms in total. The van der Waals surface area contributed by atoms with Crippen LogP contribution in [0.3, 0.4) is 0 Å². The lowest BCUT2D eigenvalue weighted by atomic mass is 10.2. The van der Waals surface area contributed by atoms with Gasteiger partial charge in [0.15, 0.2) is 5.65 Å². The van der Waals surface area contributed by atoms with E-state index in [4.69, 9.17) is 0 Å². The van der Waals surface area contributed by atoms with Gasteiger partial charge in [0, 0.05) is 31.8 Å². The van der Waals surface area contributed by atoms with Gasteiger partial charge in [0.2, 0.25) is 0 Å². The Labute approximate surface area is 182 Å². The van der Waals surface area contributed by atoms with Crippen molar-refractivity contribution in [3.8, 4) is 0 Å². The number of nitrogens with one attached hydrogen (secondary N) is 3. The molecule has 2 fully saturated rings. The lowest BCUT2D eigenvalue weighted by Crippen LogP contribution is -2.33. The van der Waals surface area contributed by atoms with Crippen molar-refractivity contribution < 1.29 is 14.3 Å². The first kappa shape index (κ1) is 20.4. The highest BCUT2D eigenvalue weighted by Gasteiger charge is 2.39. The van der Waals surface area contributed by atoms with Crippen LogP contribution in [-0.4, -0.2) is 55.5 Å². The first-order chi connectivity index (χ1) is 15.4. The van der Waals surface area contributed by atoms with Gasteiger partial charge in [-0.25, -0.2) is 9.37 Å². The zero-order chi connectivity index (χ0) is 22.4. The molecule has 2 aliphatic rings. The van der Waals surface area contributed by atoms with Crippen LogP contribution < -0.4 is 21.5 Å². The zero-order valence-corrected chi connectivity index (χ0v) is 17.5. The van der Waals surface area contributed by atoms with Crippen molar-refractivity contribution in [3.05, 3.63) is 46.5 Å². The number of hydrogen-bond donors (Lipinski definition) is 4. The number of aliphatic hydroxyl groups is 1. The average molecular weight is 441 g/mol. The summed E-state index contributed by atoms with van der Waals surface area (Å²) in [5, 5.41) is 22.9. The lowest BCUT2D eigenvalue weighted by molar-refractivity contribution is 0.0935. The molecule has 5 rings (SSSR count). The molecule has 3 unspecified atom stereocenters. The number of aromatic nitrogens is 4. The van der Waals surface area contributed by atoms with E-state index in [2.05, 4.69) is 26.0 Å². The summed E-state index contributed by atoms with van der Waals surface area (Å²) in [5.74, 6) is 0.584. The van der Waals surface area contributed by atoms with Gasteiger partial charge in [-0.05, 0) is 31.4 Å². The second-order valence-electron chi connectivity index (χ2n) is 8.29. The Bertz CT molecular complexity index is 1240. The van der Waals surface area contributed by atoms with Crippen molar-refractivity contribution in [2.24, 2.45) is 0 Å². The van der Waals surface area contributed by atoms with Gasteiger partial charge < -0.3 is 25.6 Å². The molecule has 3 heterocycles. The molecule has 1 amide bonds. The summed E-state index contributed by atoms with van der Waals surface area (Å²) in [4.78, 5) is 30.1. The highest BCUT2D eigenvalue weighted by Crippen LogP contribution is 2.37. The molecule has 0 spiro atoms. The van der Waals surface area contributed by atoms with E-state index in [9.17, 15) is 19.1 Å². The Kier molecular flexibility index (Phi) is 5.04. The fraction of sp³-hybridized carbons (Fsp3) is 0.429. The minimum Gasteiger partial charge on any atom is -0.393 e. The Morgan fingerprint density at radius 1 is 1.31 bits per heavy atom. The largest absolute Gasteiger partial charge is 0.393 e. The molecule has 168 valence electrons. The number of carbonyl (C=O) groups excluding carboxylic acids is 1. The van der Waals surface area contributed by atoms with Gasteiger partial charge in [0.1, 0.15) is 29.1 Å². The smallest absolute Gasteiger partial charge is 0.274 e. The van der Waals surface area contributed by atoms with Crippen LogP contribution >= 0.6 is 0 Å². The molecule has 0 saturated heterocycles. The van der Waals surface area contributed by atoms with Crippen LogP contribution in [0.15, 0.2) is 35.4 Å². The number of pyridine rings is 1. The van der Waals surface area contributed by atoms with Crippen molar-refractivity contribution in [3.63, 3.8) is 0 Å². The number of anilines is 3. The van der Waals surface area contributed by atoms with Gasteiger partial charge in [-0.2, -0.15) is 9.61 Å². The van der Waals surface area contributed by atoms with E-state index in [1.54, 1.807) is 31.4 Å². The SMILES string of the molecule is CNc1cc(Nc2cccn(C3C[C@H]3F)c2=O)nc2c(C(=O)NC3CCC(O)C3)cnn12. The van der Waals surface area contributed by atoms with Gasteiger partial charge in [-0.1, -0.05) is 0 Å². The molecule has 0 bridgehead atoms. The number of rotatable bonds is 6. The average Bonchev–Trinajstić information content (AvgIpc) is 3.14. The molecule has 32 heavy (non-hydrogen) atoms. The summed E-state index contributed by atoms with van der Waals surface area (Å²) in [6.07, 6.45) is 3.86. The number of alkyl halides is 1. The van der Waals surface area contributed by atoms with Gasteiger partial charge in [0.05, 0.1) is 18.3 Å². The standard InChI is InChI=1S/C21H24FN7O3/c1-23-18-9-17(26-15-3-2-6-28(21(15)32)16-8-14(16)22)27-19-13(10-24-29(18)19)20(31)25-11-4-5-12(30)7-11/h2-3,6,9-12,14,16,23,30H,4-5,7-8H2,1H3,(H,25,31)(H,26,27)/t11?,12?,14-,16?/m1/s1. The van der Waals surface area contributed by atoms with Crippen LogP contribution in [0, 0.1) is 0 Å². The first-order valence-corrected chi connectivity index (χ1v) is 10.6. The highest BCUT2D eigenvalue weighted by molar-refractivity contribution is 6.00. The third-order valence-corrected chi connectivity index (χ3v) is 5.99. The number of aliphatic hydroxyl groups excluding tert-OH is 1. The summed E-state index contributed by atoms with van der Waals surface area (Å²) in [7, 11) is 1.71. The summed E-state index contributed by atoms with van der Waals surface area (Å²) < 4.78 is 16.4. The molecule has 11 heteroatoms. The molecule has 0 aromatic carbocycles. The fourth-order valence-corrected chi connectivity index (χ4v) is 4.16. The van der Waals surface area contributed by atoms with Crippen molar-refractivity contribution in [1.82, 2.24) is 24.5 Å². The maximum Gasteiger partial charge on any atom is 0.274 e. The normalized spacial score (nSPS) is 24.5. The Hall–Kier alpha value is -3.47. The van der Waals surface area contributed by atoms with Crippen LogP contribution in [0.1, 0.15) is 42.1 Å².